The molecule has 1 atom stereocenters. The van der Waals surface area contributed by atoms with E-state index < -0.39 is 0 Å². The highest BCUT2D eigenvalue weighted by molar-refractivity contribution is 9.10. The maximum atomic E-state index is 13.2. The average Bonchev–Trinajstić information content (AvgIpc) is 3.20. The molecule has 1 amide bonds. The van der Waals surface area contributed by atoms with E-state index >= 15 is 0 Å². The molecule has 0 bridgehead atoms. The van der Waals surface area contributed by atoms with Gasteiger partial charge >= 0.3 is 0 Å². The predicted molar refractivity (Wildman–Crippen MR) is 112 cm³/mol. The molecule has 0 saturated heterocycles. The maximum Gasteiger partial charge on any atom is 0.258 e. The Morgan fingerprint density at radius 1 is 1.36 bits per heavy atom. The fourth-order valence-corrected chi connectivity index (χ4v) is 4.15. The van der Waals surface area contributed by atoms with Crippen LogP contribution in [-0.2, 0) is 13.1 Å². The first kappa shape index (κ1) is 19.2. The Hall–Kier alpha value is -2.15. The second-order valence-electron chi connectivity index (χ2n) is 8.02. The van der Waals surface area contributed by atoms with Gasteiger partial charge in [0.15, 0.2) is 5.82 Å². The number of hydrogen-bond acceptors (Lipinski definition) is 4. The number of halogens is 1. The van der Waals surface area contributed by atoms with Crippen LogP contribution in [0.5, 0.6) is 5.75 Å². The van der Waals surface area contributed by atoms with E-state index in [0.717, 1.165) is 27.3 Å². The summed E-state index contributed by atoms with van der Waals surface area (Å²) in [6.07, 6.45) is 0. The smallest absolute Gasteiger partial charge is 0.258 e. The molecular formula is C21H25BrN4O2. The van der Waals surface area contributed by atoms with Gasteiger partial charge in [-0.1, -0.05) is 29.8 Å². The van der Waals surface area contributed by atoms with Gasteiger partial charge in [-0.3, -0.25) is 4.79 Å². The molecular weight excluding hydrogens is 420 g/mol. The fourth-order valence-electron chi connectivity index (χ4n) is 3.79. The molecule has 2 aliphatic heterocycles. The van der Waals surface area contributed by atoms with Crippen LogP contribution in [-0.4, -0.2) is 32.9 Å². The van der Waals surface area contributed by atoms with Crippen molar-refractivity contribution in [3.05, 3.63) is 39.5 Å². The molecule has 2 aliphatic rings. The molecule has 0 spiro atoms. The summed E-state index contributed by atoms with van der Waals surface area (Å²) in [6.45, 7) is 12.1. The Morgan fingerprint density at radius 3 is 2.82 bits per heavy atom. The quantitative estimate of drug-likeness (QED) is 0.676. The van der Waals surface area contributed by atoms with Crippen LogP contribution in [0.25, 0.3) is 0 Å². The highest BCUT2D eigenvalue weighted by atomic mass is 79.9. The van der Waals surface area contributed by atoms with Crippen LogP contribution >= 0.6 is 15.9 Å². The van der Waals surface area contributed by atoms with Crippen molar-refractivity contribution in [2.24, 2.45) is 10.4 Å². The molecule has 28 heavy (non-hydrogen) atoms. The summed E-state index contributed by atoms with van der Waals surface area (Å²) in [5.74, 6) is 1.45. The molecule has 1 unspecified atom stereocenters. The van der Waals surface area contributed by atoms with E-state index in [4.69, 9.17) is 14.8 Å². The van der Waals surface area contributed by atoms with Crippen molar-refractivity contribution in [3.63, 3.8) is 0 Å². The highest BCUT2D eigenvalue weighted by Gasteiger charge is 2.40. The van der Waals surface area contributed by atoms with E-state index in [2.05, 4.69) is 43.6 Å². The van der Waals surface area contributed by atoms with Crippen LogP contribution in [0.2, 0.25) is 0 Å². The van der Waals surface area contributed by atoms with Gasteiger partial charge in [-0.15, -0.1) is 0 Å². The Bertz CT molecular complexity index is 993. The molecule has 0 radical (unpaired) electrons. The Balaban J connectivity index is 1.65. The number of amides is 1. The molecule has 6 nitrogen and oxygen atoms in total. The number of hydrogen-bond donors (Lipinski definition) is 0. The number of rotatable bonds is 3. The van der Waals surface area contributed by atoms with Gasteiger partial charge in [-0.05, 0) is 39.0 Å². The molecule has 7 heteroatoms. The number of carbonyl (C=O) groups excluding carboxylic acids is 1. The van der Waals surface area contributed by atoms with E-state index in [1.165, 1.54) is 0 Å². The number of benzene rings is 1. The minimum Gasteiger partial charge on any atom is -0.493 e. The first-order chi connectivity index (χ1) is 13.2. The standard InChI is InChI=1S/C21H25BrN4O2/c1-6-28-18-8-7-14(22)9-15(18)20(27)25-10-16-17(11-25)24-26-13(3)21(4,5)12(2)23-19(16)26/h7-9,13H,6,10-11H2,1-5H3. The third kappa shape index (κ3) is 2.87. The lowest BCUT2D eigenvalue weighted by Gasteiger charge is -2.36. The lowest BCUT2D eigenvalue weighted by Crippen LogP contribution is -2.35. The predicted octanol–water partition coefficient (Wildman–Crippen LogP) is 4.89. The summed E-state index contributed by atoms with van der Waals surface area (Å²) in [5.41, 5.74) is 3.63. The zero-order chi connectivity index (χ0) is 20.2. The summed E-state index contributed by atoms with van der Waals surface area (Å²) in [4.78, 5) is 19.9. The first-order valence-electron chi connectivity index (χ1n) is 9.61. The van der Waals surface area contributed by atoms with Crippen LogP contribution in [0.15, 0.2) is 27.7 Å². The second kappa shape index (κ2) is 6.72. The summed E-state index contributed by atoms with van der Waals surface area (Å²) in [6, 6.07) is 5.76. The molecule has 0 saturated carbocycles. The van der Waals surface area contributed by atoms with E-state index in [0.29, 0.717) is 31.0 Å². The van der Waals surface area contributed by atoms with Crippen molar-refractivity contribution in [1.82, 2.24) is 14.7 Å². The summed E-state index contributed by atoms with van der Waals surface area (Å²) < 4.78 is 8.55. The van der Waals surface area contributed by atoms with Gasteiger partial charge in [-0.25, -0.2) is 9.67 Å². The van der Waals surface area contributed by atoms with Crippen LogP contribution in [0.3, 0.4) is 0 Å². The minimum atomic E-state index is -0.0496. The minimum absolute atomic E-state index is 0.0367. The third-order valence-corrected chi connectivity index (χ3v) is 6.62. The topological polar surface area (TPSA) is 59.7 Å². The van der Waals surface area contributed by atoms with Crippen molar-refractivity contribution in [2.75, 3.05) is 6.61 Å². The van der Waals surface area contributed by atoms with Gasteiger partial charge in [0.2, 0.25) is 0 Å². The zero-order valence-corrected chi connectivity index (χ0v) is 18.5. The molecule has 4 rings (SSSR count). The van der Waals surface area contributed by atoms with Gasteiger partial charge in [0.05, 0.1) is 37.0 Å². The highest BCUT2D eigenvalue weighted by Crippen LogP contribution is 2.44. The van der Waals surface area contributed by atoms with Crippen molar-refractivity contribution < 1.29 is 9.53 Å². The summed E-state index contributed by atoms with van der Waals surface area (Å²) >= 11 is 3.46. The normalized spacial score (nSPS) is 19.9. The number of aliphatic imine (C=N–C) groups is 1. The van der Waals surface area contributed by atoms with Crippen LogP contribution < -0.4 is 4.74 Å². The molecule has 1 aromatic heterocycles. The zero-order valence-electron chi connectivity index (χ0n) is 16.9. The van der Waals surface area contributed by atoms with E-state index in [1.54, 1.807) is 0 Å². The molecule has 0 N–H and O–H groups in total. The molecule has 1 aromatic carbocycles. The largest absolute Gasteiger partial charge is 0.493 e. The summed E-state index contributed by atoms with van der Waals surface area (Å²) in [5, 5.41) is 4.82. The SMILES string of the molecule is CCOc1ccc(Br)cc1C(=O)N1Cc2nn3c(c2C1)N=C(C)C(C)(C)C3C. The summed E-state index contributed by atoms with van der Waals surface area (Å²) in [7, 11) is 0. The number of nitrogens with zero attached hydrogens (tertiary/aromatic N) is 4. The Morgan fingerprint density at radius 2 is 2.11 bits per heavy atom. The van der Waals surface area contributed by atoms with E-state index in [9.17, 15) is 4.79 Å². The maximum absolute atomic E-state index is 13.2. The lowest BCUT2D eigenvalue weighted by molar-refractivity contribution is 0.0744. The van der Waals surface area contributed by atoms with Crippen LogP contribution in [0, 0.1) is 5.41 Å². The Labute approximate surface area is 173 Å². The second-order valence-corrected chi connectivity index (χ2v) is 8.94. The fraction of sp³-hybridized carbons (Fsp3) is 0.476. The molecule has 0 aliphatic carbocycles. The molecule has 2 aromatic rings. The van der Waals surface area contributed by atoms with Crippen molar-refractivity contribution in [1.29, 1.82) is 0 Å². The molecule has 3 heterocycles. The number of aromatic nitrogens is 2. The van der Waals surface area contributed by atoms with Gasteiger partial charge in [0, 0.05) is 21.2 Å². The van der Waals surface area contributed by atoms with Crippen molar-refractivity contribution in [2.45, 2.75) is 53.8 Å². The van der Waals surface area contributed by atoms with E-state index in [1.807, 2.05) is 34.7 Å². The Kier molecular flexibility index (Phi) is 4.61. The van der Waals surface area contributed by atoms with Crippen molar-refractivity contribution in [3.8, 4) is 5.75 Å². The molecule has 0 fully saturated rings. The van der Waals surface area contributed by atoms with Crippen LogP contribution in [0.4, 0.5) is 5.82 Å². The van der Waals surface area contributed by atoms with Gasteiger partial charge in [0.25, 0.3) is 5.91 Å². The lowest BCUT2D eigenvalue weighted by atomic mass is 9.80. The third-order valence-electron chi connectivity index (χ3n) is 6.13. The van der Waals surface area contributed by atoms with Gasteiger partial charge in [-0.2, -0.15) is 5.10 Å². The number of carbonyl (C=O) groups is 1. The van der Waals surface area contributed by atoms with E-state index in [-0.39, 0.29) is 17.4 Å². The average molecular weight is 445 g/mol. The monoisotopic (exact) mass is 444 g/mol. The number of fused-ring (bicyclic) bond motifs is 3. The van der Waals surface area contributed by atoms with Gasteiger partial charge < -0.3 is 9.64 Å². The van der Waals surface area contributed by atoms with Gasteiger partial charge in [0.1, 0.15) is 5.75 Å². The van der Waals surface area contributed by atoms with Crippen LogP contribution in [0.1, 0.15) is 62.3 Å². The molecule has 148 valence electrons. The first-order valence-corrected chi connectivity index (χ1v) is 10.4. The van der Waals surface area contributed by atoms with Crippen molar-refractivity contribution >= 4 is 33.4 Å². The number of ether oxygens (including phenoxy) is 1.